The molecule has 134 valence electrons. The highest BCUT2D eigenvalue weighted by Gasteiger charge is 2.34. The van der Waals surface area contributed by atoms with E-state index < -0.39 is 11.7 Å². The lowest BCUT2D eigenvalue weighted by Crippen LogP contribution is -2.38. The van der Waals surface area contributed by atoms with Gasteiger partial charge in [0.1, 0.15) is 0 Å². The second-order valence-corrected chi connectivity index (χ2v) is 6.51. The van der Waals surface area contributed by atoms with Crippen LogP contribution in [0.25, 0.3) is 0 Å². The molecule has 0 radical (unpaired) electrons. The van der Waals surface area contributed by atoms with Crippen molar-refractivity contribution in [2.75, 3.05) is 19.6 Å². The summed E-state index contributed by atoms with van der Waals surface area (Å²) in [7, 11) is 0. The smallest absolute Gasteiger partial charge is 0.315 e. The Balaban J connectivity index is 1.76. The van der Waals surface area contributed by atoms with Gasteiger partial charge in [0.05, 0.1) is 5.56 Å². The fourth-order valence-electron chi connectivity index (χ4n) is 3.41. The standard InChI is InChI=1S/C20H23F3N2/c21-20(22,23)19-9-5-4-8-17(19)15-25(18-10-12-24-14-18)13-11-16-6-2-1-3-7-16/h1-9,18,24H,10-15H2/t18-/m0/s1. The van der Waals surface area contributed by atoms with E-state index in [4.69, 9.17) is 0 Å². The number of halogens is 3. The van der Waals surface area contributed by atoms with Gasteiger partial charge in [-0.05, 0) is 36.6 Å². The van der Waals surface area contributed by atoms with Gasteiger partial charge in [-0.25, -0.2) is 0 Å². The zero-order valence-corrected chi connectivity index (χ0v) is 14.1. The number of nitrogens with one attached hydrogen (secondary N) is 1. The van der Waals surface area contributed by atoms with E-state index in [1.54, 1.807) is 12.1 Å². The molecule has 3 rings (SSSR count). The van der Waals surface area contributed by atoms with Crippen LogP contribution in [-0.2, 0) is 19.1 Å². The minimum absolute atomic E-state index is 0.282. The van der Waals surface area contributed by atoms with Crippen molar-refractivity contribution in [3.05, 3.63) is 71.3 Å². The maximum Gasteiger partial charge on any atom is 0.416 e. The highest BCUT2D eigenvalue weighted by atomic mass is 19.4. The van der Waals surface area contributed by atoms with Crippen LogP contribution >= 0.6 is 0 Å². The molecule has 25 heavy (non-hydrogen) atoms. The summed E-state index contributed by atoms with van der Waals surface area (Å²) in [6, 6.07) is 16.3. The third kappa shape index (κ3) is 4.83. The summed E-state index contributed by atoms with van der Waals surface area (Å²) < 4.78 is 39.9. The molecule has 0 spiro atoms. The van der Waals surface area contributed by atoms with Crippen LogP contribution in [0.4, 0.5) is 13.2 Å². The summed E-state index contributed by atoms with van der Waals surface area (Å²) in [6.45, 7) is 2.84. The van der Waals surface area contributed by atoms with Crippen molar-refractivity contribution in [3.63, 3.8) is 0 Å². The highest BCUT2D eigenvalue weighted by Crippen LogP contribution is 2.32. The number of nitrogens with zero attached hydrogens (tertiary/aromatic N) is 1. The van der Waals surface area contributed by atoms with Crippen LogP contribution in [0.15, 0.2) is 54.6 Å². The van der Waals surface area contributed by atoms with E-state index in [0.29, 0.717) is 12.1 Å². The lowest BCUT2D eigenvalue weighted by molar-refractivity contribution is -0.138. The molecule has 1 heterocycles. The van der Waals surface area contributed by atoms with Gasteiger partial charge in [-0.15, -0.1) is 0 Å². The van der Waals surface area contributed by atoms with Gasteiger partial charge in [-0.1, -0.05) is 48.5 Å². The van der Waals surface area contributed by atoms with E-state index in [9.17, 15) is 13.2 Å². The molecule has 2 aromatic rings. The Morgan fingerprint density at radius 1 is 1.00 bits per heavy atom. The van der Waals surface area contributed by atoms with Crippen LogP contribution in [0.5, 0.6) is 0 Å². The first-order chi connectivity index (χ1) is 12.0. The number of hydrogen-bond acceptors (Lipinski definition) is 2. The Hall–Kier alpha value is -1.85. The predicted molar refractivity (Wildman–Crippen MR) is 93.3 cm³/mol. The van der Waals surface area contributed by atoms with Gasteiger partial charge < -0.3 is 5.32 Å². The van der Waals surface area contributed by atoms with Gasteiger partial charge in [-0.2, -0.15) is 13.2 Å². The van der Waals surface area contributed by atoms with E-state index >= 15 is 0 Å². The van der Waals surface area contributed by atoms with Gasteiger partial charge in [0, 0.05) is 25.7 Å². The van der Waals surface area contributed by atoms with E-state index in [1.165, 1.54) is 17.7 Å². The lowest BCUT2D eigenvalue weighted by Gasteiger charge is -2.29. The van der Waals surface area contributed by atoms with Crippen LogP contribution in [0.2, 0.25) is 0 Å². The van der Waals surface area contributed by atoms with E-state index in [1.807, 2.05) is 18.2 Å². The van der Waals surface area contributed by atoms with Crippen molar-refractivity contribution in [1.82, 2.24) is 10.2 Å². The molecule has 1 N–H and O–H groups in total. The molecule has 0 amide bonds. The molecular formula is C20H23F3N2. The predicted octanol–water partition coefficient (Wildman–Crippen LogP) is 4.11. The van der Waals surface area contributed by atoms with E-state index in [0.717, 1.165) is 32.5 Å². The molecule has 5 heteroatoms. The average molecular weight is 348 g/mol. The Labute approximate surface area is 146 Å². The van der Waals surface area contributed by atoms with Crippen LogP contribution in [0.3, 0.4) is 0 Å². The van der Waals surface area contributed by atoms with Crippen molar-refractivity contribution >= 4 is 0 Å². The largest absolute Gasteiger partial charge is 0.416 e. The Kier molecular flexibility index (Phi) is 5.76. The minimum Gasteiger partial charge on any atom is -0.315 e. The van der Waals surface area contributed by atoms with Crippen molar-refractivity contribution < 1.29 is 13.2 Å². The van der Waals surface area contributed by atoms with Gasteiger partial charge in [0.15, 0.2) is 0 Å². The van der Waals surface area contributed by atoms with Crippen molar-refractivity contribution in [2.45, 2.75) is 31.6 Å². The monoisotopic (exact) mass is 348 g/mol. The molecule has 0 aliphatic carbocycles. The number of hydrogen-bond donors (Lipinski definition) is 1. The second-order valence-electron chi connectivity index (χ2n) is 6.51. The van der Waals surface area contributed by atoms with Crippen molar-refractivity contribution in [1.29, 1.82) is 0 Å². The number of benzene rings is 2. The SMILES string of the molecule is FC(F)(F)c1ccccc1CN(CCc1ccccc1)[C@H]1CCNC1. The first-order valence-electron chi connectivity index (χ1n) is 8.68. The summed E-state index contributed by atoms with van der Waals surface area (Å²) in [5, 5.41) is 3.32. The molecule has 1 aliphatic rings. The molecule has 2 nitrogen and oxygen atoms in total. The van der Waals surface area contributed by atoms with Crippen molar-refractivity contribution in [2.24, 2.45) is 0 Å². The normalized spacial score (nSPS) is 18.0. The topological polar surface area (TPSA) is 15.3 Å². The third-order valence-electron chi connectivity index (χ3n) is 4.78. The van der Waals surface area contributed by atoms with E-state index in [-0.39, 0.29) is 6.04 Å². The molecule has 0 unspecified atom stereocenters. The molecule has 1 fully saturated rings. The molecule has 0 aromatic heterocycles. The number of rotatable bonds is 6. The van der Waals surface area contributed by atoms with Crippen LogP contribution in [0.1, 0.15) is 23.1 Å². The second kappa shape index (κ2) is 8.02. The van der Waals surface area contributed by atoms with Crippen molar-refractivity contribution in [3.8, 4) is 0 Å². The molecule has 1 saturated heterocycles. The third-order valence-corrected chi connectivity index (χ3v) is 4.78. The van der Waals surface area contributed by atoms with Crippen LogP contribution < -0.4 is 5.32 Å². The maximum absolute atomic E-state index is 13.3. The Bertz CT molecular complexity index is 664. The van der Waals surface area contributed by atoms with Crippen LogP contribution in [0, 0.1) is 0 Å². The maximum atomic E-state index is 13.3. The van der Waals surface area contributed by atoms with Gasteiger partial charge >= 0.3 is 6.18 Å². The molecular weight excluding hydrogens is 325 g/mol. The van der Waals surface area contributed by atoms with Crippen LogP contribution in [-0.4, -0.2) is 30.6 Å². The van der Waals surface area contributed by atoms with Gasteiger partial charge in [0.2, 0.25) is 0 Å². The summed E-state index contributed by atoms with van der Waals surface area (Å²) >= 11 is 0. The minimum atomic E-state index is -4.31. The summed E-state index contributed by atoms with van der Waals surface area (Å²) in [4.78, 5) is 2.19. The zero-order valence-electron chi connectivity index (χ0n) is 14.1. The summed E-state index contributed by atoms with van der Waals surface area (Å²) in [5.74, 6) is 0. The number of alkyl halides is 3. The Morgan fingerprint density at radius 3 is 2.40 bits per heavy atom. The molecule has 1 atom stereocenters. The lowest BCUT2D eigenvalue weighted by atomic mass is 10.0. The average Bonchev–Trinajstić information content (AvgIpc) is 3.13. The summed E-state index contributed by atoms with van der Waals surface area (Å²) in [6.07, 6.45) is -2.50. The fourth-order valence-corrected chi connectivity index (χ4v) is 3.41. The first-order valence-corrected chi connectivity index (χ1v) is 8.68. The van der Waals surface area contributed by atoms with Gasteiger partial charge in [-0.3, -0.25) is 4.90 Å². The molecule has 1 aliphatic heterocycles. The Morgan fingerprint density at radius 2 is 1.72 bits per heavy atom. The quantitative estimate of drug-likeness (QED) is 0.845. The molecule has 0 saturated carbocycles. The highest BCUT2D eigenvalue weighted by molar-refractivity contribution is 5.29. The van der Waals surface area contributed by atoms with E-state index in [2.05, 4.69) is 22.3 Å². The first kappa shape index (κ1) is 18.0. The molecule has 2 aromatic carbocycles. The molecule has 0 bridgehead atoms. The zero-order chi connectivity index (χ0) is 17.7. The summed E-state index contributed by atoms with van der Waals surface area (Å²) in [5.41, 5.74) is 1.04. The van der Waals surface area contributed by atoms with Gasteiger partial charge in [0.25, 0.3) is 0 Å². The fraction of sp³-hybridized carbons (Fsp3) is 0.400.